The lowest BCUT2D eigenvalue weighted by molar-refractivity contribution is -0.136. The van der Waals surface area contributed by atoms with Crippen LogP contribution in [0.25, 0.3) is 6.08 Å². The summed E-state index contributed by atoms with van der Waals surface area (Å²) in [5, 5.41) is 9.24. The van der Waals surface area contributed by atoms with Gasteiger partial charge in [0.25, 0.3) is 11.1 Å². The highest BCUT2D eigenvalue weighted by atomic mass is 32.2. The number of benzene rings is 2. The van der Waals surface area contributed by atoms with Crippen molar-refractivity contribution in [1.82, 2.24) is 9.80 Å². The van der Waals surface area contributed by atoms with E-state index in [2.05, 4.69) is 4.90 Å². The molecule has 0 saturated carbocycles. The minimum atomic E-state index is -0.497. The highest BCUT2D eigenvalue weighted by Gasteiger charge is 2.37. The first-order valence-electron chi connectivity index (χ1n) is 10.2. The largest absolute Gasteiger partial charge is 0.504 e. The number of carbonyl (C=O) groups excluding carboxylic acids is 3. The molecule has 3 amide bonds. The van der Waals surface area contributed by atoms with Crippen molar-refractivity contribution in [2.45, 2.75) is 0 Å². The number of hydrogen-bond acceptors (Lipinski definition) is 7. The lowest BCUT2D eigenvalue weighted by Gasteiger charge is -2.36. The molecule has 2 aliphatic rings. The zero-order valence-corrected chi connectivity index (χ0v) is 18.4. The Kier molecular flexibility index (Phi) is 6.36. The summed E-state index contributed by atoms with van der Waals surface area (Å²) in [6.45, 7) is 2.19. The van der Waals surface area contributed by atoms with Crippen LogP contribution in [0, 0.1) is 0 Å². The van der Waals surface area contributed by atoms with Gasteiger partial charge in [-0.15, -0.1) is 0 Å². The van der Waals surface area contributed by atoms with Crippen LogP contribution in [0.4, 0.5) is 10.5 Å². The molecule has 9 heteroatoms. The number of rotatable bonds is 5. The van der Waals surface area contributed by atoms with Crippen LogP contribution in [0.5, 0.6) is 11.5 Å². The fraction of sp³-hybridized carbons (Fsp3) is 0.261. The molecular weight excluding hydrogens is 430 g/mol. The number of imide groups is 1. The molecule has 2 saturated heterocycles. The zero-order chi connectivity index (χ0) is 22.7. The average molecular weight is 454 g/mol. The van der Waals surface area contributed by atoms with Crippen LogP contribution in [-0.4, -0.2) is 71.8 Å². The predicted octanol–water partition coefficient (Wildman–Crippen LogP) is 2.79. The first kappa shape index (κ1) is 21.8. The molecule has 0 spiro atoms. The average Bonchev–Trinajstić information content (AvgIpc) is 3.08. The quantitative estimate of drug-likeness (QED) is 0.696. The van der Waals surface area contributed by atoms with Gasteiger partial charge in [-0.1, -0.05) is 24.3 Å². The van der Waals surface area contributed by atoms with Crippen LogP contribution in [0.15, 0.2) is 53.4 Å². The maximum atomic E-state index is 12.8. The molecule has 166 valence electrons. The van der Waals surface area contributed by atoms with Crippen molar-refractivity contribution in [2.24, 2.45) is 0 Å². The maximum absolute atomic E-state index is 12.8. The van der Waals surface area contributed by atoms with E-state index in [-0.39, 0.29) is 28.9 Å². The number of para-hydroxylation sites is 1. The number of ether oxygens (including phenoxy) is 1. The molecule has 0 aliphatic carbocycles. The number of nitrogens with zero attached hydrogens (tertiary/aromatic N) is 3. The Morgan fingerprint density at radius 1 is 1.09 bits per heavy atom. The van der Waals surface area contributed by atoms with Gasteiger partial charge in [0.2, 0.25) is 5.91 Å². The van der Waals surface area contributed by atoms with E-state index in [9.17, 15) is 19.5 Å². The van der Waals surface area contributed by atoms with Gasteiger partial charge in [-0.05, 0) is 47.7 Å². The number of piperazine rings is 1. The summed E-state index contributed by atoms with van der Waals surface area (Å²) < 4.78 is 5.07. The van der Waals surface area contributed by atoms with Crippen LogP contribution in [0.3, 0.4) is 0 Å². The second kappa shape index (κ2) is 9.35. The van der Waals surface area contributed by atoms with Crippen LogP contribution < -0.4 is 9.64 Å². The number of thioether (sulfide) groups is 1. The third-order valence-electron chi connectivity index (χ3n) is 5.42. The molecular formula is C23H23N3O5S. The lowest BCUT2D eigenvalue weighted by atomic mass is 10.2. The molecule has 0 aromatic heterocycles. The van der Waals surface area contributed by atoms with Crippen molar-refractivity contribution in [1.29, 1.82) is 0 Å². The smallest absolute Gasteiger partial charge is 0.294 e. The van der Waals surface area contributed by atoms with Gasteiger partial charge in [0.15, 0.2) is 11.5 Å². The van der Waals surface area contributed by atoms with Gasteiger partial charge in [0.1, 0.15) is 6.54 Å². The Morgan fingerprint density at radius 3 is 2.50 bits per heavy atom. The Hall–Kier alpha value is -3.46. The first-order chi connectivity index (χ1) is 15.5. The molecule has 2 heterocycles. The van der Waals surface area contributed by atoms with Gasteiger partial charge in [-0.25, -0.2) is 0 Å². The van der Waals surface area contributed by atoms with Gasteiger partial charge >= 0.3 is 0 Å². The van der Waals surface area contributed by atoms with Crippen LogP contribution >= 0.6 is 11.8 Å². The van der Waals surface area contributed by atoms with Crippen LogP contribution in [0.2, 0.25) is 0 Å². The van der Waals surface area contributed by atoms with E-state index < -0.39 is 11.1 Å². The Morgan fingerprint density at radius 2 is 1.81 bits per heavy atom. The molecule has 1 N–H and O–H groups in total. The number of aromatic hydroxyl groups is 1. The summed E-state index contributed by atoms with van der Waals surface area (Å²) in [7, 11) is 1.43. The Balaban J connectivity index is 1.38. The number of methoxy groups -OCH3 is 1. The van der Waals surface area contributed by atoms with Gasteiger partial charge in [0.05, 0.1) is 12.0 Å². The molecule has 0 radical (unpaired) electrons. The van der Waals surface area contributed by atoms with Crippen molar-refractivity contribution < 1.29 is 24.2 Å². The lowest BCUT2D eigenvalue weighted by Crippen LogP contribution is -2.51. The minimum Gasteiger partial charge on any atom is -0.504 e. The minimum absolute atomic E-state index is 0.0179. The first-order valence-corrected chi connectivity index (χ1v) is 11.0. The predicted molar refractivity (Wildman–Crippen MR) is 123 cm³/mol. The molecule has 32 heavy (non-hydrogen) atoms. The SMILES string of the molecule is COc1cc(/C=C2/SC(=O)N(CC(=O)N3CCN(c4ccccc4)CC3)C2=O)ccc1O. The van der Waals surface area contributed by atoms with Crippen molar-refractivity contribution in [3.05, 3.63) is 59.0 Å². The van der Waals surface area contributed by atoms with Gasteiger partial charge in [-0.3, -0.25) is 19.3 Å². The Labute approximate surface area is 190 Å². The van der Waals surface area contributed by atoms with Crippen molar-refractivity contribution in [3.63, 3.8) is 0 Å². The van der Waals surface area contributed by atoms with Gasteiger partial charge in [-0.2, -0.15) is 0 Å². The molecule has 2 aromatic carbocycles. The molecule has 0 unspecified atom stereocenters. The molecule has 8 nitrogen and oxygen atoms in total. The van der Waals surface area contributed by atoms with Crippen molar-refractivity contribution in [3.8, 4) is 11.5 Å². The summed E-state index contributed by atoms with van der Waals surface area (Å²) in [4.78, 5) is 43.0. The summed E-state index contributed by atoms with van der Waals surface area (Å²) in [5.41, 5.74) is 1.72. The molecule has 2 fully saturated rings. The molecule has 4 rings (SSSR count). The van der Waals surface area contributed by atoms with Crippen LogP contribution in [-0.2, 0) is 9.59 Å². The fourth-order valence-electron chi connectivity index (χ4n) is 3.66. The monoisotopic (exact) mass is 453 g/mol. The number of anilines is 1. The van der Waals surface area contributed by atoms with Crippen LogP contribution in [0.1, 0.15) is 5.56 Å². The fourth-order valence-corrected chi connectivity index (χ4v) is 4.50. The number of carbonyl (C=O) groups is 3. The van der Waals surface area contributed by atoms with E-state index in [4.69, 9.17) is 4.74 Å². The number of amides is 3. The summed E-state index contributed by atoms with van der Waals surface area (Å²) in [6, 6.07) is 14.6. The molecule has 0 atom stereocenters. The van der Waals surface area contributed by atoms with Crippen molar-refractivity contribution >= 4 is 40.6 Å². The molecule has 2 aliphatic heterocycles. The maximum Gasteiger partial charge on any atom is 0.294 e. The van der Waals surface area contributed by atoms with Gasteiger partial charge < -0.3 is 19.6 Å². The zero-order valence-electron chi connectivity index (χ0n) is 17.6. The van der Waals surface area contributed by atoms with Crippen molar-refractivity contribution in [2.75, 3.05) is 44.7 Å². The van der Waals surface area contributed by atoms with E-state index in [0.717, 1.165) is 22.3 Å². The highest BCUT2D eigenvalue weighted by molar-refractivity contribution is 8.18. The third-order valence-corrected chi connectivity index (χ3v) is 6.33. The topological polar surface area (TPSA) is 90.4 Å². The second-order valence-electron chi connectivity index (χ2n) is 7.40. The van der Waals surface area contributed by atoms with E-state index in [0.29, 0.717) is 31.7 Å². The van der Waals surface area contributed by atoms with Gasteiger partial charge in [0, 0.05) is 31.9 Å². The summed E-state index contributed by atoms with van der Waals surface area (Å²) >= 11 is 0.797. The summed E-state index contributed by atoms with van der Waals surface area (Å²) in [5.74, 6) is -0.491. The van der Waals surface area contributed by atoms with E-state index in [1.807, 2.05) is 30.3 Å². The normalized spacial score (nSPS) is 17.9. The molecule has 2 aromatic rings. The Bertz CT molecular complexity index is 1060. The number of phenolic OH excluding ortho intramolecular Hbond substituents is 1. The second-order valence-corrected chi connectivity index (χ2v) is 8.40. The van der Waals surface area contributed by atoms with E-state index in [1.54, 1.807) is 23.1 Å². The van der Waals surface area contributed by atoms with E-state index >= 15 is 0 Å². The highest BCUT2D eigenvalue weighted by Crippen LogP contribution is 2.34. The number of hydrogen-bond donors (Lipinski definition) is 1. The van der Waals surface area contributed by atoms with E-state index in [1.165, 1.54) is 13.2 Å². The standard InChI is InChI=1S/C23H23N3O5S/c1-31-19-13-16(7-8-18(19)27)14-20-22(29)26(23(30)32-20)15-21(28)25-11-9-24(10-12-25)17-5-3-2-4-6-17/h2-8,13-14,27H,9-12,15H2,1H3/b20-14+. The molecule has 0 bridgehead atoms. The summed E-state index contributed by atoms with van der Waals surface area (Å²) in [6.07, 6.45) is 1.55. The third kappa shape index (κ3) is 4.57. The number of phenols is 1.